The number of rotatable bonds is 2. The Labute approximate surface area is 155 Å². The molecule has 5 aliphatic rings. The highest BCUT2D eigenvalue weighted by molar-refractivity contribution is 5.96. The van der Waals surface area contributed by atoms with E-state index in [2.05, 4.69) is 30.8 Å². The topological polar surface area (TPSA) is 58.4 Å². The lowest BCUT2D eigenvalue weighted by atomic mass is 9.52. The van der Waals surface area contributed by atoms with E-state index >= 15 is 0 Å². The molecule has 1 N–H and O–H groups in total. The predicted molar refractivity (Wildman–Crippen MR) is 98.9 cm³/mol. The molecule has 1 amide bonds. The zero-order valence-electron chi connectivity index (χ0n) is 16.2. The van der Waals surface area contributed by atoms with Gasteiger partial charge in [0.1, 0.15) is 0 Å². The summed E-state index contributed by atoms with van der Waals surface area (Å²) in [5.74, 6) is 1.79. The number of aliphatic hydroxyl groups is 1. The van der Waals surface area contributed by atoms with Crippen molar-refractivity contribution in [3.8, 4) is 0 Å². The number of amides is 1. The van der Waals surface area contributed by atoms with Crippen LogP contribution in [0.5, 0.6) is 0 Å². The Morgan fingerprint density at radius 1 is 1.23 bits per heavy atom. The standard InChI is InChI=1S/C21H31N3O2/c1-4-24-18-16(12-22-24)19(25)23(6-5-20(18,2)3)17-14-7-13-8-15(17)11-21(26,9-13)10-14/h12-15,17,26H,4-11H2,1-3H3. The molecule has 5 nitrogen and oxygen atoms in total. The Morgan fingerprint density at radius 2 is 1.92 bits per heavy atom. The number of fused-ring (bicyclic) bond motifs is 1. The maximum absolute atomic E-state index is 13.6. The van der Waals surface area contributed by atoms with Gasteiger partial charge in [-0.15, -0.1) is 0 Å². The maximum Gasteiger partial charge on any atom is 0.257 e. The predicted octanol–water partition coefficient (Wildman–Crippen LogP) is 2.97. The fourth-order valence-corrected chi connectivity index (χ4v) is 7.02. The summed E-state index contributed by atoms with van der Waals surface area (Å²) in [6, 6.07) is 0.311. The first-order valence-corrected chi connectivity index (χ1v) is 10.4. The Kier molecular flexibility index (Phi) is 3.45. The van der Waals surface area contributed by atoms with E-state index in [0.29, 0.717) is 23.8 Å². The lowest BCUT2D eigenvalue weighted by molar-refractivity contribution is -0.154. The summed E-state index contributed by atoms with van der Waals surface area (Å²) in [5, 5.41) is 15.4. The van der Waals surface area contributed by atoms with Crippen LogP contribution >= 0.6 is 0 Å². The first-order valence-electron chi connectivity index (χ1n) is 10.4. The third kappa shape index (κ3) is 2.25. The molecular formula is C21H31N3O2. The van der Waals surface area contributed by atoms with Gasteiger partial charge < -0.3 is 10.0 Å². The second-order valence-corrected chi connectivity index (χ2v) is 10.0. The Bertz CT molecular complexity index is 736. The van der Waals surface area contributed by atoms with Crippen LogP contribution in [0.4, 0.5) is 0 Å². The van der Waals surface area contributed by atoms with Crippen molar-refractivity contribution in [2.45, 2.75) is 82.9 Å². The van der Waals surface area contributed by atoms with E-state index in [1.165, 1.54) is 12.8 Å². The number of hydrogen-bond donors (Lipinski definition) is 1. The highest BCUT2D eigenvalue weighted by Gasteiger charge is 2.57. The maximum atomic E-state index is 13.6. The van der Waals surface area contributed by atoms with Gasteiger partial charge in [-0.05, 0) is 63.2 Å². The van der Waals surface area contributed by atoms with Crippen LogP contribution in [0.1, 0.15) is 75.3 Å². The molecule has 4 saturated carbocycles. The van der Waals surface area contributed by atoms with Gasteiger partial charge >= 0.3 is 0 Å². The largest absolute Gasteiger partial charge is 0.390 e. The molecule has 0 saturated heterocycles. The van der Waals surface area contributed by atoms with Crippen molar-refractivity contribution in [1.29, 1.82) is 0 Å². The molecule has 1 aliphatic heterocycles. The van der Waals surface area contributed by atoms with E-state index in [4.69, 9.17) is 0 Å². The van der Waals surface area contributed by atoms with Gasteiger partial charge in [0, 0.05) is 24.5 Å². The monoisotopic (exact) mass is 357 g/mol. The molecule has 6 rings (SSSR count). The quantitative estimate of drug-likeness (QED) is 0.885. The number of aromatic nitrogens is 2. The molecule has 2 unspecified atom stereocenters. The van der Waals surface area contributed by atoms with Crippen LogP contribution in [-0.4, -0.2) is 43.9 Å². The molecule has 4 aliphatic carbocycles. The Hall–Kier alpha value is -1.36. The van der Waals surface area contributed by atoms with Crippen molar-refractivity contribution in [3.05, 3.63) is 17.5 Å². The normalized spacial score (nSPS) is 40.6. The molecule has 26 heavy (non-hydrogen) atoms. The lowest BCUT2D eigenvalue weighted by Gasteiger charge is -2.60. The van der Waals surface area contributed by atoms with Crippen molar-refractivity contribution in [2.24, 2.45) is 17.8 Å². The van der Waals surface area contributed by atoms with Crippen LogP contribution in [0.15, 0.2) is 6.20 Å². The first kappa shape index (κ1) is 16.8. The van der Waals surface area contributed by atoms with Gasteiger partial charge in [0.15, 0.2) is 0 Å². The second-order valence-electron chi connectivity index (χ2n) is 10.0. The van der Waals surface area contributed by atoms with Gasteiger partial charge in [-0.3, -0.25) is 9.48 Å². The Morgan fingerprint density at radius 3 is 2.54 bits per heavy atom. The van der Waals surface area contributed by atoms with Crippen LogP contribution in [0.25, 0.3) is 0 Å². The summed E-state index contributed by atoms with van der Waals surface area (Å²) in [6.45, 7) is 8.21. The molecule has 2 heterocycles. The van der Waals surface area contributed by atoms with Crippen molar-refractivity contribution >= 4 is 5.91 Å². The van der Waals surface area contributed by atoms with Crippen LogP contribution in [0.2, 0.25) is 0 Å². The SMILES string of the molecule is CCn1ncc2c1C(C)(C)CCN(C1C3CC4CC1CC(O)(C4)C3)C2=O. The van der Waals surface area contributed by atoms with Crippen LogP contribution in [0.3, 0.4) is 0 Å². The summed E-state index contributed by atoms with van der Waals surface area (Å²) in [5.41, 5.74) is 1.42. The van der Waals surface area contributed by atoms with Gasteiger partial charge in [-0.2, -0.15) is 5.10 Å². The minimum atomic E-state index is -0.445. The smallest absolute Gasteiger partial charge is 0.257 e. The summed E-state index contributed by atoms with van der Waals surface area (Å²) in [6.07, 6.45) is 7.92. The van der Waals surface area contributed by atoms with E-state index < -0.39 is 5.60 Å². The van der Waals surface area contributed by atoms with Crippen molar-refractivity contribution < 1.29 is 9.90 Å². The summed E-state index contributed by atoms with van der Waals surface area (Å²) < 4.78 is 2.01. The number of carbonyl (C=O) groups is 1. The number of carbonyl (C=O) groups excluding carboxylic acids is 1. The Balaban J connectivity index is 1.52. The molecule has 1 aromatic heterocycles. The molecule has 0 aromatic carbocycles. The minimum Gasteiger partial charge on any atom is -0.390 e. The van der Waals surface area contributed by atoms with Gasteiger partial charge in [-0.1, -0.05) is 13.8 Å². The van der Waals surface area contributed by atoms with E-state index in [1.807, 2.05) is 4.68 Å². The third-order valence-corrected chi connectivity index (χ3v) is 7.80. The highest BCUT2D eigenvalue weighted by Crippen LogP contribution is 2.57. The molecule has 1 aromatic rings. The lowest BCUT2D eigenvalue weighted by Crippen LogP contribution is -2.62. The average Bonchev–Trinajstić information content (AvgIpc) is 2.96. The number of nitrogens with zero attached hydrogens (tertiary/aromatic N) is 3. The summed E-state index contributed by atoms with van der Waals surface area (Å²) in [7, 11) is 0. The molecule has 0 radical (unpaired) electrons. The van der Waals surface area contributed by atoms with Gasteiger partial charge in [0.2, 0.25) is 0 Å². The molecule has 5 heteroatoms. The number of hydrogen-bond acceptors (Lipinski definition) is 3. The molecule has 142 valence electrons. The van der Waals surface area contributed by atoms with Crippen molar-refractivity contribution in [3.63, 3.8) is 0 Å². The highest BCUT2D eigenvalue weighted by atomic mass is 16.3. The van der Waals surface area contributed by atoms with Gasteiger partial charge in [-0.25, -0.2) is 0 Å². The van der Waals surface area contributed by atoms with Gasteiger partial charge in [0.05, 0.1) is 23.1 Å². The van der Waals surface area contributed by atoms with Gasteiger partial charge in [0.25, 0.3) is 5.91 Å². The zero-order valence-corrected chi connectivity index (χ0v) is 16.2. The van der Waals surface area contributed by atoms with Crippen LogP contribution in [-0.2, 0) is 12.0 Å². The first-order chi connectivity index (χ1) is 12.3. The summed E-state index contributed by atoms with van der Waals surface area (Å²) in [4.78, 5) is 15.8. The van der Waals surface area contributed by atoms with E-state index in [-0.39, 0.29) is 11.3 Å². The van der Waals surface area contributed by atoms with Crippen LogP contribution in [0, 0.1) is 17.8 Å². The van der Waals surface area contributed by atoms with Crippen LogP contribution < -0.4 is 0 Å². The van der Waals surface area contributed by atoms with E-state index in [0.717, 1.165) is 50.0 Å². The van der Waals surface area contributed by atoms with Crippen molar-refractivity contribution in [2.75, 3.05) is 6.54 Å². The molecule has 2 atom stereocenters. The molecule has 0 spiro atoms. The van der Waals surface area contributed by atoms with E-state index in [1.54, 1.807) is 6.20 Å². The second kappa shape index (κ2) is 5.34. The third-order valence-electron chi connectivity index (χ3n) is 7.80. The van der Waals surface area contributed by atoms with E-state index in [9.17, 15) is 9.90 Å². The summed E-state index contributed by atoms with van der Waals surface area (Å²) >= 11 is 0. The molecular weight excluding hydrogens is 326 g/mol. The van der Waals surface area contributed by atoms with Crippen molar-refractivity contribution in [1.82, 2.24) is 14.7 Å². The minimum absolute atomic E-state index is 0.0453. The molecule has 4 fully saturated rings. The zero-order chi connectivity index (χ0) is 18.3. The fraction of sp³-hybridized carbons (Fsp3) is 0.810. The average molecular weight is 357 g/mol. The fourth-order valence-electron chi connectivity index (χ4n) is 7.02. The molecule has 4 bridgehead atoms. The number of aryl methyl sites for hydroxylation is 1.